The first-order chi connectivity index (χ1) is 15.1. The third kappa shape index (κ3) is 3.94. The quantitative estimate of drug-likeness (QED) is 0.440. The molecule has 0 N–H and O–H groups in total. The molecule has 5 rings (SSSR count). The van der Waals surface area contributed by atoms with Gasteiger partial charge in [0.2, 0.25) is 5.90 Å². The number of benzene rings is 3. The zero-order chi connectivity index (χ0) is 21.3. The van der Waals surface area contributed by atoms with Crippen molar-refractivity contribution >= 4 is 17.5 Å². The molecule has 1 aliphatic rings. The van der Waals surface area contributed by atoms with Gasteiger partial charge in [0.05, 0.1) is 6.54 Å². The molecule has 154 valence electrons. The number of aliphatic imine (C=N–C) groups is 1. The van der Waals surface area contributed by atoms with Gasteiger partial charge in [-0.15, -0.1) is 0 Å². The number of aromatic nitrogens is 3. The fraction of sp³-hybridized carbons (Fsp3) is 0.125. The number of ether oxygens (including phenoxy) is 1. The van der Waals surface area contributed by atoms with Gasteiger partial charge in [0, 0.05) is 10.6 Å². The second-order valence-electron chi connectivity index (χ2n) is 7.42. The van der Waals surface area contributed by atoms with Crippen molar-refractivity contribution in [2.24, 2.45) is 4.99 Å². The van der Waals surface area contributed by atoms with Gasteiger partial charge in [-0.05, 0) is 53.1 Å². The lowest BCUT2D eigenvalue weighted by Crippen LogP contribution is -2.31. The maximum absolute atomic E-state index is 13.5. The molecule has 0 saturated heterocycles. The molecule has 0 fully saturated rings. The molecule has 7 heteroatoms. The first-order valence-corrected chi connectivity index (χ1v) is 10.2. The van der Waals surface area contributed by atoms with Crippen molar-refractivity contribution in [2.75, 3.05) is 6.61 Å². The molecule has 5 nitrogen and oxygen atoms in total. The van der Waals surface area contributed by atoms with Crippen LogP contribution in [0.25, 0.3) is 11.1 Å². The summed E-state index contributed by atoms with van der Waals surface area (Å²) in [6.07, 6.45) is 3.17. The van der Waals surface area contributed by atoms with Crippen LogP contribution in [0.1, 0.15) is 11.1 Å². The van der Waals surface area contributed by atoms with Crippen LogP contribution in [-0.2, 0) is 16.8 Å². The zero-order valence-electron chi connectivity index (χ0n) is 16.5. The van der Waals surface area contributed by atoms with Gasteiger partial charge < -0.3 is 4.74 Å². The standard InChI is InChI=1S/C24H18ClFN4O/c25-21-10-8-20(9-11-21)24(13-30-16-27-15-28-30)14-31-23(29-24)18-6-4-17(5-7-18)19-2-1-3-22(26)12-19/h1-12,15-16H,13-14H2. The van der Waals surface area contributed by atoms with E-state index in [1.165, 1.54) is 18.5 Å². The van der Waals surface area contributed by atoms with E-state index in [-0.39, 0.29) is 5.82 Å². The molecule has 1 atom stereocenters. The fourth-order valence-corrected chi connectivity index (χ4v) is 3.86. The summed E-state index contributed by atoms with van der Waals surface area (Å²) in [6, 6.07) is 21.9. The molecule has 2 heterocycles. The van der Waals surface area contributed by atoms with Gasteiger partial charge in [0.15, 0.2) is 0 Å². The third-order valence-electron chi connectivity index (χ3n) is 5.32. The highest BCUT2D eigenvalue weighted by Crippen LogP contribution is 2.35. The lowest BCUT2D eigenvalue weighted by molar-refractivity contribution is 0.230. The minimum atomic E-state index is -0.644. The highest BCUT2D eigenvalue weighted by Gasteiger charge is 2.39. The molecule has 0 amide bonds. The summed E-state index contributed by atoms with van der Waals surface area (Å²) >= 11 is 6.09. The summed E-state index contributed by atoms with van der Waals surface area (Å²) in [7, 11) is 0. The van der Waals surface area contributed by atoms with Crippen molar-refractivity contribution in [3.05, 3.63) is 107 Å². The van der Waals surface area contributed by atoms with E-state index in [1.54, 1.807) is 17.1 Å². The smallest absolute Gasteiger partial charge is 0.217 e. The SMILES string of the molecule is Fc1cccc(-c2ccc(C3=NC(Cn4cncn4)(c4ccc(Cl)cc4)CO3)cc2)c1. The van der Waals surface area contributed by atoms with Crippen LogP contribution >= 0.6 is 11.6 Å². The summed E-state index contributed by atoms with van der Waals surface area (Å²) in [5.74, 6) is 0.298. The van der Waals surface area contributed by atoms with Crippen LogP contribution in [0.4, 0.5) is 4.39 Å². The lowest BCUT2D eigenvalue weighted by Gasteiger charge is -2.24. The minimum Gasteiger partial charge on any atom is -0.474 e. The van der Waals surface area contributed by atoms with E-state index in [1.807, 2.05) is 54.6 Å². The monoisotopic (exact) mass is 432 g/mol. The minimum absolute atomic E-state index is 0.258. The van der Waals surface area contributed by atoms with E-state index in [9.17, 15) is 4.39 Å². The summed E-state index contributed by atoms with van der Waals surface area (Å²) in [4.78, 5) is 9.02. The Bertz CT molecular complexity index is 1220. The molecule has 1 unspecified atom stereocenters. The van der Waals surface area contributed by atoms with Gasteiger partial charge in [-0.1, -0.05) is 48.0 Å². The number of nitrogens with zero attached hydrogens (tertiary/aromatic N) is 4. The van der Waals surface area contributed by atoms with Gasteiger partial charge in [-0.25, -0.2) is 14.4 Å². The fourth-order valence-electron chi connectivity index (χ4n) is 3.73. The van der Waals surface area contributed by atoms with Gasteiger partial charge >= 0.3 is 0 Å². The largest absolute Gasteiger partial charge is 0.474 e. The predicted octanol–water partition coefficient (Wildman–Crippen LogP) is 5.11. The van der Waals surface area contributed by atoms with E-state index < -0.39 is 5.54 Å². The molecule has 0 aliphatic carbocycles. The van der Waals surface area contributed by atoms with Crippen LogP contribution in [0.5, 0.6) is 0 Å². The summed E-state index contributed by atoms with van der Waals surface area (Å²) in [5, 5.41) is 4.90. The second kappa shape index (κ2) is 7.96. The Morgan fingerprint density at radius 1 is 0.968 bits per heavy atom. The van der Waals surface area contributed by atoms with Gasteiger partial charge in [0.1, 0.15) is 30.6 Å². The number of hydrogen-bond acceptors (Lipinski definition) is 4. The summed E-state index contributed by atoms with van der Waals surface area (Å²) < 4.78 is 21.3. The summed E-state index contributed by atoms with van der Waals surface area (Å²) in [6.45, 7) is 0.856. The van der Waals surface area contributed by atoms with Crippen molar-refractivity contribution in [3.8, 4) is 11.1 Å². The number of halogens is 2. The average molecular weight is 433 g/mol. The molecular weight excluding hydrogens is 415 g/mol. The van der Waals surface area contributed by atoms with E-state index in [0.29, 0.717) is 24.1 Å². The molecule has 0 radical (unpaired) electrons. The van der Waals surface area contributed by atoms with Crippen LogP contribution in [0.2, 0.25) is 5.02 Å². The number of hydrogen-bond donors (Lipinski definition) is 0. The second-order valence-corrected chi connectivity index (χ2v) is 7.86. The van der Waals surface area contributed by atoms with Gasteiger partial charge in [-0.2, -0.15) is 5.10 Å². The lowest BCUT2D eigenvalue weighted by atomic mass is 9.91. The van der Waals surface area contributed by atoms with Gasteiger partial charge in [0.25, 0.3) is 0 Å². The number of rotatable bonds is 5. The molecule has 1 aromatic heterocycles. The van der Waals surface area contributed by atoms with Crippen molar-refractivity contribution in [1.82, 2.24) is 14.8 Å². The molecule has 4 aromatic rings. The molecule has 1 aliphatic heterocycles. The predicted molar refractivity (Wildman–Crippen MR) is 117 cm³/mol. The Morgan fingerprint density at radius 3 is 2.45 bits per heavy atom. The highest BCUT2D eigenvalue weighted by molar-refractivity contribution is 6.30. The van der Waals surface area contributed by atoms with Gasteiger partial charge in [-0.3, -0.25) is 4.68 Å². The Kier molecular flexibility index (Phi) is 5.00. The maximum Gasteiger partial charge on any atom is 0.217 e. The first-order valence-electron chi connectivity index (χ1n) is 9.79. The van der Waals surface area contributed by atoms with Crippen LogP contribution in [0.3, 0.4) is 0 Å². The Labute approximate surface area is 183 Å². The van der Waals surface area contributed by atoms with Crippen LogP contribution < -0.4 is 0 Å². The Balaban J connectivity index is 1.49. The van der Waals surface area contributed by atoms with Crippen molar-refractivity contribution in [2.45, 2.75) is 12.1 Å². The van der Waals surface area contributed by atoms with Crippen molar-refractivity contribution in [1.29, 1.82) is 0 Å². The third-order valence-corrected chi connectivity index (χ3v) is 5.58. The average Bonchev–Trinajstić information content (AvgIpc) is 3.45. The molecular formula is C24H18ClFN4O. The van der Waals surface area contributed by atoms with Crippen LogP contribution in [-0.4, -0.2) is 27.3 Å². The van der Waals surface area contributed by atoms with E-state index in [4.69, 9.17) is 21.3 Å². The van der Waals surface area contributed by atoms with E-state index >= 15 is 0 Å². The van der Waals surface area contributed by atoms with E-state index in [0.717, 1.165) is 22.3 Å². The Hall–Kier alpha value is -3.51. The summed E-state index contributed by atoms with van der Waals surface area (Å²) in [5.41, 5.74) is 2.94. The van der Waals surface area contributed by atoms with E-state index in [2.05, 4.69) is 10.1 Å². The molecule has 31 heavy (non-hydrogen) atoms. The van der Waals surface area contributed by atoms with Crippen LogP contribution in [0, 0.1) is 5.82 Å². The molecule has 0 saturated carbocycles. The zero-order valence-corrected chi connectivity index (χ0v) is 17.2. The van der Waals surface area contributed by atoms with Crippen LogP contribution in [0.15, 0.2) is 90.4 Å². The molecule has 0 bridgehead atoms. The topological polar surface area (TPSA) is 52.3 Å². The Morgan fingerprint density at radius 2 is 1.74 bits per heavy atom. The molecule has 0 spiro atoms. The normalized spacial score (nSPS) is 17.9. The van der Waals surface area contributed by atoms with Crippen molar-refractivity contribution < 1.29 is 9.13 Å². The maximum atomic E-state index is 13.5. The first kappa shape index (κ1) is 19.5. The van der Waals surface area contributed by atoms with Crippen molar-refractivity contribution in [3.63, 3.8) is 0 Å². The molecule has 3 aromatic carbocycles. The highest BCUT2D eigenvalue weighted by atomic mass is 35.5.